The third-order valence-corrected chi connectivity index (χ3v) is 5.34. The molecule has 0 bridgehead atoms. The van der Waals surface area contributed by atoms with Gasteiger partial charge in [-0.2, -0.15) is 0 Å². The first kappa shape index (κ1) is 17.8. The largest absolute Gasteiger partial charge is 0.383 e. The number of ether oxygens (including phenoxy) is 1. The molecule has 25 heavy (non-hydrogen) atoms. The van der Waals surface area contributed by atoms with E-state index < -0.39 is 0 Å². The zero-order valence-corrected chi connectivity index (χ0v) is 16.2. The van der Waals surface area contributed by atoms with Gasteiger partial charge in [0.2, 0.25) is 0 Å². The lowest BCUT2D eigenvalue weighted by atomic mass is 9.86. The molecule has 0 N–H and O–H groups in total. The van der Waals surface area contributed by atoms with Crippen LogP contribution in [0, 0.1) is 6.92 Å². The molecule has 0 saturated carbocycles. The predicted octanol–water partition coefficient (Wildman–Crippen LogP) is 4.38. The molecular weight excluding hydrogens is 332 g/mol. The third kappa shape index (κ3) is 3.39. The van der Waals surface area contributed by atoms with Crippen molar-refractivity contribution in [2.45, 2.75) is 39.7 Å². The molecule has 2 aromatic heterocycles. The topological polar surface area (TPSA) is 44.1 Å². The van der Waals surface area contributed by atoms with E-state index in [9.17, 15) is 4.79 Å². The van der Waals surface area contributed by atoms with Crippen molar-refractivity contribution in [2.75, 3.05) is 13.7 Å². The van der Waals surface area contributed by atoms with Crippen LogP contribution in [-0.2, 0) is 16.7 Å². The van der Waals surface area contributed by atoms with Gasteiger partial charge in [0.1, 0.15) is 10.7 Å². The highest BCUT2D eigenvalue weighted by atomic mass is 32.1. The Morgan fingerprint density at radius 2 is 1.88 bits per heavy atom. The molecule has 0 aliphatic carbocycles. The molecule has 132 valence electrons. The maximum absolute atomic E-state index is 13.0. The van der Waals surface area contributed by atoms with Gasteiger partial charge in [0, 0.05) is 18.1 Å². The quantitative estimate of drug-likeness (QED) is 0.697. The van der Waals surface area contributed by atoms with E-state index >= 15 is 0 Å². The van der Waals surface area contributed by atoms with Gasteiger partial charge in [-0.3, -0.25) is 9.36 Å². The highest BCUT2D eigenvalue weighted by Crippen LogP contribution is 2.32. The summed E-state index contributed by atoms with van der Waals surface area (Å²) in [6.45, 7) is 9.47. The highest BCUT2D eigenvalue weighted by molar-refractivity contribution is 7.17. The van der Waals surface area contributed by atoms with Gasteiger partial charge in [0.15, 0.2) is 0 Å². The Morgan fingerprint density at radius 3 is 2.48 bits per heavy atom. The van der Waals surface area contributed by atoms with Crippen LogP contribution in [0.5, 0.6) is 0 Å². The number of aryl methyl sites for hydroxylation is 1. The van der Waals surface area contributed by atoms with Crippen LogP contribution in [0.1, 0.15) is 32.2 Å². The minimum absolute atomic E-state index is 0.00991. The summed E-state index contributed by atoms with van der Waals surface area (Å²) < 4.78 is 6.82. The molecule has 0 amide bonds. The highest BCUT2D eigenvalue weighted by Gasteiger charge is 2.17. The molecule has 0 aliphatic heterocycles. The number of nitrogens with zero attached hydrogens (tertiary/aromatic N) is 2. The fourth-order valence-electron chi connectivity index (χ4n) is 2.93. The minimum atomic E-state index is 0.00991. The van der Waals surface area contributed by atoms with Crippen LogP contribution in [0.2, 0.25) is 0 Å². The van der Waals surface area contributed by atoms with Crippen LogP contribution in [0.15, 0.2) is 34.4 Å². The van der Waals surface area contributed by atoms with Crippen molar-refractivity contribution < 1.29 is 4.74 Å². The van der Waals surface area contributed by atoms with Crippen LogP contribution in [0.3, 0.4) is 0 Å². The van der Waals surface area contributed by atoms with Crippen molar-refractivity contribution in [2.24, 2.45) is 0 Å². The van der Waals surface area contributed by atoms with E-state index in [1.807, 2.05) is 12.3 Å². The molecule has 3 aromatic rings. The lowest BCUT2D eigenvalue weighted by Crippen LogP contribution is -2.25. The number of aromatic nitrogens is 2. The molecule has 3 rings (SSSR count). The van der Waals surface area contributed by atoms with Crippen molar-refractivity contribution in [3.8, 4) is 11.1 Å². The smallest absolute Gasteiger partial charge is 0.262 e. The zero-order chi connectivity index (χ0) is 18.2. The standard InChI is InChI=1S/C20H24N2O2S/c1-13-21-18-17(19(23)22(13)10-11-24-5)16(12-25-18)14-6-8-15(9-7-14)20(2,3)4/h6-9,12H,10-11H2,1-5H3. The summed E-state index contributed by atoms with van der Waals surface area (Å²) in [4.78, 5) is 18.4. The predicted molar refractivity (Wildman–Crippen MR) is 105 cm³/mol. The molecule has 1 aromatic carbocycles. The number of thiophene rings is 1. The number of methoxy groups -OCH3 is 1. The van der Waals surface area contributed by atoms with Crippen LogP contribution in [-0.4, -0.2) is 23.3 Å². The maximum Gasteiger partial charge on any atom is 0.262 e. The summed E-state index contributed by atoms with van der Waals surface area (Å²) in [7, 11) is 1.64. The van der Waals surface area contributed by atoms with E-state index in [2.05, 4.69) is 50.0 Å². The summed E-state index contributed by atoms with van der Waals surface area (Å²) in [5.41, 5.74) is 3.42. The molecule has 4 nitrogen and oxygen atoms in total. The summed E-state index contributed by atoms with van der Waals surface area (Å²) >= 11 is 1.52. The first-order valence-corrected chi connectivity index (χ1v) is 9.29. The van der Waals surface area contributed by atoms with Gasteiger partial charge in [0.25, 0.3) is 5.56 Å². The Morgan fingerprint density at radius 1 is 1.20 bits per heavy atom. The summed E-state index contributed by atoms with van der Waals surface area (Å²) in [5, 5.41) is 2.74. The second-order valence-corrected chi connectivity index (χ2v) is 8.12. The van der Waals surface area contributed by atoms with Crippen LogP contribution in [0.4, 0.5) is 0 Å². The molecular formula is C20H24N2O2S. The fraction of sp³-hybridized carbons (Fsp3) is 0.400. The van der Waals surface area contributed by atoms with Gasteiger partial charge >= 0.3 is 0 Å². The van der Waals surface area contributed by atoms with E-state index in [4.69, 9.17) is 4.74 Å². The Bertz CT molecular complexity index is 947. The summed E-state index contributed by atoms with van der Waals surface area (Å²) in [6.07, 6.45) is 0. The molecule has 0 spiro atoms. The first-order valence-electron chi connectivity index (χ1n) is 8.41. The monoisotopic (exact) mass is 356 g/mol. The Hall–Kier alpha value is -1.98. The van der Waals surface area contributed by atoms with Gasteiger partial charge in [0.05, 0.1) is 18.5 Å². The Kier molecular flexibility index (Phi) is 4.80. The second-order valence-electron chi connectivity index (χ2n) is 7.27. The van der Waals surface area contributed by atoms with E-state index in [1.54, 1.807) is 11.7 Å². The average molecular weight is 356 g/mol. The molecule has 0 fully saturated rings. The van der Waals surface area contributed by atoms with Crippen LogP contribution in [0.25, 0.3) is 21.3 Å². The van der Waals surface area contributed by atoms with Crippen molar-refractivity contribution >= 4 is 21.6 Å². The molecule has 0 radical (unpaired) electrons. The van der Waals surface area contributed by atoms with E-state index in [-0.39, 0.29) is 11.0 Å². The number of rotatable bonds is 4. The zero-order valence-electron chi connectivity index (χ0n) is 15.4. The summed E-state index contributed by atoms with van der Waals surface area (Å²) in [5.74, 6) is 0.728. The molecule has 2 heterocycles. The van der Waals surface area contributed by atoms with E-state index in [1.165, 1.54) is 16.9 Å². The van der Waals surface area contributed by atoms with Crippen molar-refractivity contribution in [1.29, 1.82) is 0 Å². The van der Waals surface area contributed by atoms with E-state index in [0.717, 1.165) is 21.8 Å². The Labute approximate surface area is 152 Å². The number of fused-ring (bicyclic) bond motifs is 1. The molecule has 0 saturated heterocycles. The van der Waals surface area contributed by atoms with Gasteiger partial charge < -0.3 is 4.74 Å². The van der Waals surface area contributed by atoms with Crippen molar-refractivity contribution in [3.63, 3.8) is 0 Å². The fourth-order valence-corrected chi connectivity index (χ4v) is 3.92. The normalized spacial score (nSPS) is 12.0. The first-order chi connectivity index (χ1) is 11.8. The number of hydrogen-bond donors (Lipinski definition) is 0. The second kappa shape index (κ2) is 6.73. The molecule has 5 heteroatoms. The lowest BCUT2D eigenvalue weighted by Gasteiger charge is -2.19. The van der Waals surface area contributed by atoms with Gasteiger partial charge in [-0.15, -0.1) is 11.3 Å². The molecule has 0 unspecified atom stereocenters. The molecule has 0 aliphatic rings. The minimum Gasteiger partial charge on any atom is -0.383 e. The maximum atomic E-state index is 13.0. The van der Waals surface area contributed by atoms with Crippen LogP contribution < -0.4 is 5.56 Å². The average Bonchev–Trinajstić information content (AvgIpc) is 2.98. The number of benzene rings is 1. The van der Waals surface area contributed by atoms with Crippen molar-refractivity contribution in [3.05, 3.63) is 51.4 Å². The van der Waals surface area contributed by atoms with E-state index in [0.29, 0.717) is 18.5 Å². The van der Waals surface area contributed by atoms with Crippen LogP contribution >= 0.6 is 11.3 Å². The van der Waals surface area contributed by atoms with Gasteiger partial charge in [-0.05, 0) is 23.5 Å². The van der Waals surface area contributed by atoms with Crippen molar-refractivity contribution in [1.82, 2.24) is 9.55 Å². The SMILES string of the molecule is COCCn1c(C)nc2scc(-c3ccc(C(C)(C)C)cc3)c2c1=O. The summed E-state index contributed by atoms with van der Waals surface area (Å²) in [6, 6.07) is 8.48. The third-order valence-electron chi connectivity index (χ3n) is 4.47. The number of hydrogen-bond acceptors (Lipinski definition) is 4. The lowest BCUT2D eigenvalue weighted by molar-refractivity contribution is 0.185. The molecule has 0 atom stereocenters. The Balaban J connectivity index is 2.13. The van der Waals surface area contributed by atoms with Gasteiger partial charge in [-0.25, -0.2) is 4.98 Å². The van der Waals surface area contributed by atoms with Gasteiger partial charge in [-0.1, -0.05) is 45.0 Å².